The molecule has 0 heterocycles. The molecule has 44 valence electrons. The van der Waals surface area contributed by atoms with Crippen LogP contribution in [0.15, 0.2) is 18.2 Å². The van der Waals surface area contributed by atoms with Crippen LogP contribution in [0.1, 0.15) is 11.1 Å². The molecule has 0 saturated heterocycles. The molecule has 0 nitrogen and oxygen atoms in total. The molecule has 0 saturated carbocycles. The zero-order chi connectivity index (χ0) is 6.85. The van der Waals surface area contributed by atoms with Gasteiger partial charge in [0, 0.05) is 0 Å². The molecule has 0 amide bonds. The Morgan fingerprint density at radius 2 is 1.89 bits per heavy atom. The van der Waals surface area contributed by atoms with Gasteiger partial charge in [-0.2, -0.15) is 0 Å². The van der Waals surface area contributed by atoms with Crippen LogP contribution in [-0.4, -0.2) is 25.8 Å². The fourth-order valence-electron chi connectivity index (χ4n) is 0.826. The van der Waals surface area contributed by atoms with Gasteiger partial charge in [-0.1, -0.05) is 0 Å². The molecule has 0 radical (unpaired) electrons. The number of rotatable bonds is 0. The van der Waals surface area contributed by atoms with Crippen molar-refractivity contribution >= 4 is 28.9 Å². The number of hydrogen-bond acceptors (Lipinski definition) is 0. The Labute approximate surface area is 72.0 Å². The summed E-state index contributed by atoms with van der Waals surface area (Å²) >= 11 is 0.982. The van der Waals surface area contributed by atoms with Crippen molar-refractivity contribution in [2.45, 2.75) is 13.8 Å². The summed E-state index contributed by atoms with van der Waals surface area (Å²) in [6.45, 7) is 4.32. The second-order valence-corrected chi connectivity index (χ2v) is 4.78. The van der Waals surface area contributed by atoms with Gasteiger partial charge in [0.1, 0.15) is 0 Å². The molecule has 1 aromatic carbocycles. The van der Waals surface area contributed by atoms with Gasteiger partial charge in [0.2, 0.25) is 0 Å². The zero-order valence-electron chi connectivity index (χ0n) is 5.81. The predicted octanol–water partition coefficient (Wildman–Crippen LogP) is 1.10. The standard InChI is InChI=1S/C8H9.Tl/c1-7-4-3-5-8(2)6-7;/h3-4,6H,1-2H3;. The van der Waals surface area contributed by atoms with Crippen LogP contribution < -0.4 is 3.12 Å². The normalized spacial score (nSPS) is 9.44. The molecule has 0 aliphatic rings. The summed E-state index contributed by atoms with van der Waals surface area (Å²) in [6, 6.07) is 6.66. The Hall–Kier alpha value is 0.142. The van der Waals surface area contributed by atoms with E-state index in [9.17, 15) is 0 Å². The third-order valence-corrected chi connectivity index (χ3v) is 3.94. The van der Waals surface area contributed by atoms with E-state index in [1.807, 2.05) is 0 Å². The minimum atomic E-state index is 0.982. The molecule has 0 N–H and O–H groups in total. The van der Waals surface area contributed by atoms with Gasteiger partial charge >= 0.3 is 72.1 Å². The molecule has 0 bridgehead atoms. The van der Waals surface area contributed by atoms with Gasteiger partial charge in [0.15, 0.2) is 0 Å². The van der Waals surface area contributed by atoms with Crippen LogP contribution in [0.25, 0.3) is 0 Å². The molecular formula is C8H9Tl. The van der Waals surface area contributed by atoms with Crippen molar-refractivity contribution in [3.63, 3.8) is 0 Å². The van der Waals surface area contributed by atoms with Gasteiger partial charge in [-0.15, -0.1) is 0 Å². The molecule has 1 rings (SSSR count). The summed E-state index contributed by atoms with van der Waals surface area (Å²) in [5, 5.41) is 0. The molecule has 1 heteroatoms. The molecule has 0 aromatic heterocycles. The van der Waals surface area contributed by atoms with E-state index in [2.05, 4.69) is 32.0 Å². The first-order chi connectivity index (χ1) is 4.20. The summed E-state index contributed by atoms with van der Waals surface area (Å²) < 4.78 is 1.54. The molecule has 0 fully saturated rings. The number of hydrogen-bond donors (Lipinski definition) is 0. The topological polar surface area (TPSA) is 0 Å². The van der Waals surface area contributed by atoms with Crippen molar-refractivity contribution in [1.82, 2.24) is 0 Å². The van der Waals surface area contributed by atoms with Crippen LogP contribution >= 0.6 is 0 Å². The van der Waals surface area contributed by atoms with Crippen molar-refractivity contribution in [1.29, 1.82) is 0 Å². The fraction of sp³-hybridized carbons (Fsp3) is 0.250. The van der Waals surface area contributed by atoms with Crippen LogP contribution in [0.2, 0.25) is 0 Å². The summed E-state index contributed by atoms with van der Waals surface area (Å²) in [5.41, 5.74) is 2.83. The first-order valence-corrected chi connectivity index (χ1v) is 5.27. The molecule has 0 unspecified atom stereocenters. The Bertz CT molecular complexity index is 216. The van der Waals surface area contributed by atoms with E-state index in [1.165, 1.54) is 11.1 Å². The van der Waals surface area contributed by atoms with Crippen molar-refractivity contribution in [3.05, 3.63) is 29.3 Å². The van der Waals surface area contributed by atoms with Crippen molar-refractivity contribution in [2.75, 3.05) is 0 Å². The molecule has 0 aliphatic heterocycles. The zero-order valence-corrected chi connectivity index (χ0v) is 10.3. The Balaban J connectivity index is 3.17. The summed E-state index contributed by atoms with van der Waals surface area (Å²) in [6.07, 6.45) is 0. The first kappa shape index (κ1) is 7.25. The maximum atomic E-state index is 2.25. The van der Waals surface area contributed by atoms with E-state index in [-0.39, 0.29) is 0 Å². The van der Waals surface area contributed by atoms with Crippen LogP contribution in [0.5, 0.6) is 0 Å². The summed E-state index contributed by atoms with van der Waals surface area (Å²) in [5.74, 6) is 0. The monoisotopic (exact) mass is 310 g/mol. The van der Waals surface area contributed by atoms with E-state index in [1.54, 1.807) is 3.12 Å². The van der Waals surface area contributed by atoms with Gasteiger partial charge in [-0.25, -0.2) is 0 Å². The number of benzene rings is 1. The van der Waals surface area contributed by atoms with E-state index in [0.717, 1.165) is 25.8 Å². The van der Waals surface area contributed by atoms with Gasteiger partial charge in [0.05, 0.1) is 0 Å². The third-order valence-electron chi connectivity index (χ3n) is 1.43. The molecule has 0 atom stereocenters. The van der Waals surface area contributed by atoms with Gasteiger partial charge in [-0.3, -0.25) is 0 Å². The molecular weight excluding hydrogens is 300 g/mol. The molecule has 9 heavy (non-hydrogen) atoms. The van der Waals surface area contributed by atoms with Gasteiger partial charge < -0.3 is 0 Å². The van der Waals surface area contributed by atoms with Gasteiger partial charge in [0.25, 0.3) is 0 Å². The van der Waals surface area contributed by atoms with Gasteiger partial charge in [-0.05, 0) is 0 Å². The molecule has 0 aliphatic carbocycles. The average Bonchev–Trinajstić information content (AvgIpc) is 1.80. The molecule has 0 spiro atoms. The second kappa shape index (κ2) is 2.82. The van der Waals surface area contributed by atoms with Crippen molar-refractivity contribution < 1.29 is 0 Å². The van der Waals surface area contributed by atoms with E-state index in [0.29, 0.717) is 0 Å². The van der Waals surface area contributed by atoms with E-state index >= 15 is 0 Å². The third kappa shape index (κ3) is 1.78. The minimum absolute atomic E-state index is 0.982. The molecule has 1 aromatic rings. The van der Waals surface area contributed by atoms with Crippen molar-refractivity contribution in [3.8, 4) is 0 Å². The van der Waals surface area contributed by atoms with Crippen LogP contribution in [0.4, 0.5) is 0 Å². The van der Waals surface area contributed by atoms with E-state index in [4.69, 9.17) is 0 Å². The SMILES string of the molecule is Cc1cc[c]([Tl])c(C)c1. The van der Waals surface area contributed by atoms with E-state index < -0.39 is 0 Å². The van der Waals surface area contributed by atoms with Crippen LogP contribution in [-0.2, 0) is 0 Å². The summed E-state index contributed by atoms with van der Waals surface area (Å²) in [7, 11) is 0. The van der Waals surface area contributed by atoms with Crippen LogP contribution in [0.3, 0.4) is 0 Å². The maximum absolute atomic E-state index is 2.25. The Kier molecular flexibility index (Phi) is 2.27. The van der Waals surface area contributed by atoms with Crippen molar-refractivity contribution in [2.24, 2.45) is 0 Å². The second-order valence-electron chi connectivity index (χ2n) is 2.36. The first-order valence-electron chi connectivity index (χ1n) is 3.03. The van der Waals surface area contributed by atoms with Crippen LogP contribution in [0, 0.1) is 13.8 Å². The Morgan fingerprint density at radius 3 is 2.33 bits per heavy atom. The average molecular weight is 310 g/mol. The fourth-order valence-corrected chi connectivity index (χ4v) is 1.52. The quantitative estimate of drug-likeness (QED) is 0.630. The predicted molar refractivity (Wildman–Crippen MR) is 41.3 cm³/mol. The summed E-state index contributed by atoms with van der Waals surface area (Å²) in [4.78, 5) is 0. The number of aryl methyl sites for hydroxylation is 2. The Morgan fingerprint density at radius 1 is 1.22 bits per heavy atom.